The summed E-state index contributed by atoms with van der Waals surface area (Å²) in [4.78, 5) is 131. The molecule has 0 saturated carbocycles. The number of imide groups is 1. The molecule has 5 heterocycles. The lowest BCUT2D eigenvalue weighted by Gasteiger charge is -2.34. The van der Waals surface area contributed by atoms with E-state index in [1.165, 1.54) is 12.7 Å². The van der Waals surface area contributed by atoms with E-state index >= 15 is 0 Å². The van der Waals surface area contributed by atoms with E-state index in [1.54, 1.807) is 43.2 Å². The van der Waals surface area contributed by atoms with E-state index in [-0.39, 0.29) is 107 Å². The van der Waals surface area contributed by atoms with Crippen LogP contribution in [0.5, 0.6) is 17.2 Å². The Labute approximate surface area is 510 Å². The van der Waals surface area contributed by atoms with Crippen LogP contribution in [-0.2, 0) is 59.4 Å². The van der Waals surface area contributed by atoms with Crippen molar-refractivity contribution >= 4 is 82.7 Å². The van der Waals surface area contributed by atoms with Crippen LogP contribution in [0.1, 0.15) is 114 Å². The Balaban J connectivity index is 0.739. The smallest absolute Gasteiger partial charge is 0.312 e. The maximum atomic E-state index is 14.4. The monoisotopic (exact) mass is 1200 g/mol. The molecular weight excluding hydrogens is 1130 g/mol. The van der Waals surface area contributed by atoms with Gasteiger partial charge in [-0.25, -0.2) is 4.79 Å². The highest BCUT2D eigenvalue weighted by Gasteiger charge is 2.36. The highest BCUT2D eigenvalue weighted by Crippen LogP contribution is 2.40. The number of nitrogens with two attached hydrogens (primary N) is 1. The molecule has 0 radical (unpaired) electrons. The Kier molecular flexibility index (Phi) is 21.2. The summed E-state index contributed by atoms with van der Waals surface area (Å²) in [5.74, 6) is -2.49. The third-order valence-corrected chi connectivity index (χ3v) is 16.2. The Bertz CT molecular complexity index is 3420. The number of anilines is 1. The zero-order valence-electron chi connectivity index (χ0n) is 50.1. The largest absolute Gasteiger partial charge is 0.493 e. The molecule has 6 N–H and O–H groups in total. The zero-order valence-corrected chi connectivity index (χ0v) is 50.1. The molecule has 4 aromatic carbocycles. The molecule has 0 aliphatic carbocycles. The van der Waals surface area contributed by atoms with Crippen LogP contribution in [0, 0.1) is 18.8 Å². The van der Waals surface area contributed by atoms with Crippen molar-refractivity contribution in [1.29, 1.82) is 0 Å². The van der Waals surface area contributed by atoms with E-state index in [4.69, 9.17) is 34.7 Å². The number of benzene rings is 4. The lowest BCUT2D eigenvalue weighted by Crippen LogP contribution is -2.46. The van der Waals surface area contributed by atoms with Crippen LogP contribution in [0.4, 0.5) is 21.9 Å². The summed E-state index contributed by atoms with van der Waals surface area (Å²) in [7, 11) is 1.52. The molecule has 23 heteroatoms. The first-order valence-electron chi connectivity index (χ1n) is 30.0. The van der Waals surface area contributed by atoms with E-state index in [0.29, 0.717) is 78.0 Å². The first kappa shape index (κ1) is 63.3. The van der Waals surface area contributed by atoms with E-state index in [9.17, 15) is 43.2 Å². The highest BCUT2D eigenvalue weighted by molar-refractivity contribution is 6.13. The third-order valence-electron chi connectivity index (χ3n) is 16.2. The maximum Gasteiger partial charge on any atom is 0.312 e. The fourth-order valence-corrected chi connectivity index (χ4v) is 11.4. The molecule has 464 valence electrons. The number of nitrogens with zero attached hydrogens (tertiary/aromatic N) is 5. The quantitative estimate of drug-likeness (QED) is 0.0302. The maximum absolute atomic E-state index is 14.4. The average Bonchev–Trinajstić information content (AvgIpc) is 2.33. The number of urea groups is 1. The molecular formula is C65H76N10O13. The highest BCUT2D eigenvalue weighted by atomic mass is 16.5. The van der Waals surface area contributed by atoms with Gasteiger partial charge in [-0.15, -0.1) is 0 Å². The van der Waals surface area contributed by atoms with Gasteiger partial charge in [0.1, 0.15) is 5.75 Å². The number of hydrogen-bond acceptors (Lipinski definition) is 15. The second-order valence-electron chi connectivity index (χ2n) is 22.8. The molecule has 4 atom stereocenters. The molecule has 0 aromatic heterocycles. The van der Waals surface area contributed by atoms with Crippen molar-refractivity contribution in [2.45, 2.75) is 116 Å². The summed E-state index contributed by atoms with van der Waals surface area (Å²) >= 11 is 0. The van der Waals surface area contributed by atoms with Gasteiger partial charge in [0.2, 0.25) is 17.7 Å². The Morgan fingerprint density at radius 3 is 1.98 bits per heavy atom. The molecule has 0 unspecified atom stereocenters. The number of rotatable bonds is 29. The van der Waals surface area contributed by atoms with Crippen LogP contribution >= 0.6 is 0 Å². The molecule has 5 aliphatic heterocycles. The number of nitrogens with one attached hydrogen (secondary N) is 4. The summed E-state index contributed by atoms with van der Waals surface area (Å²) in [6.07, 6.45) is 9.61. The van der Waals surface area contributed by atoms with Gasteiger partial charge in [0.05, 0.1) is 74.2 Å². The topological polar surface area (TPSA) is 299 Å². The van der Waals surface area contributed by atoms with Crippen molar-refractivity contribution in [3.63, 3.8) is 0 Å². The second-order valence-corrected chi connectivity index (χ2v) is 22.8. The molecule has 0 bridgehead atoms. The van der Waals surface area contributed by atoms with Gasteiger partial charge >= 0.3 is 6.03 Å². The fraction of sp³-hybridized carbons (Fsp3) is 0.431. The standard InChI is InChI=1S/C65H76N10O13/c1-39(2)61(72-58(78)19-25-86-26-21-67-57(77)18-22-73-59(79)16-17-60(73)80)53(76)31-43(13-10-20-68-65(66)84)62(81)71-46-15-14-42-30-48-36-70-52-34-56(55(85-4)32-50(52)64(83)75(48)38-45(42)28-46)88-24-9-5-8-23-87-54-33-51-49(27-40(54)3)63(82)74-37-44-12-7-6-11-41(44)29-47(74)35-69-51/h6-7,11-12,14-17,27-28,32-36,39,43,47-48,61H,5,8-10,13,18-26,29-31,37-38H2,1-4H3,(H,67,77)(H,71,81)(H,72,78)(H3,66,68,84)/t43-,47+,48+,61+/m1/s1. The lowest BCUT2D eigenvalue weighted by molar-refractivity contribution is -0.137. The minimum atomic E-state index is -0.924. The minimum absolute atomic E-state index is 0.000367. The molecule has 23 nitrogen and oxygen atoms in total. The van der Waals surface area contributed by atoms with Gasteiger partial charge in [-0.05, 0) is 110 Å². The van der Waals surface area contributed by atoms with Crippen molar-refractivity contribution in [3.8, 4) is 17.2 Å². The normalized spacial score (nSPS) is 16.9. The molecule has 9 amide bonds. The first-order valence-corrected chi connectivity index (χ1v) is 30.0. The van der Waals surface area contributed by atoms with Crippen LogP contribution in [-0.4, -0.2) is 152 Å². The number of fused-ring (bicyclic) bond motifs is 6. The lowest BCUT2D eigenvalue weighted by atomic mass is 9.89. The number of Topliss-reactive ketones (excluding diaryl/α,β-unsaturated/α-hetero) is 1. The SMILES string of the molecule is COc1cc2c(cc1OCCCCCOc1cc3c(cc1C)C(=O)N1Cc4ccccc4C[C@H]1C=N3)N=C[C@@H]1Cc3ccc(NC(=O)[C@H](CCCNC(N)=O)CC(=O)[C@@H](NC(=O)CCOCCNC(=O)CCN4C(=O)C=CC4=O)C(C)C)cc3CN1C2=O. The Morgan fingerprint density at radius 2 is 1.31 bits per heavy atom. The third kappa shape index (κ3) is 15.8. The zero-order chi connectivity index (χ0) is 62.4. The van der Waals surface area contributed by atoms with E-state index in [1.807, 2.05) is 54.4 Å². The number of ether oxygens (including phenoxy) is 4. The summed E-state index contributed by atoms with van der Waals surface area (Å²) in [6.45, 7) is 7.48. The predicted octanol–water partition coefficient (Wildman–Crippen LogP) is 6.14. The van der Waals surface area contributed by atoms with Crippen molar-refractivity contribution in [3.05, 3.63) is 118 Å². The number of aryl methyl sites for hydroxylation is 1. The van der Waals surface area contributed by atoms with Gasteiger partial charge in [0, 0.05) is 100 Å². The minimum Gasteiger partial charge on any atom is -0.493 e. The number of primary amides is 1. The van der Waals surface area contributed by atoms with Gasteiger partial charge < -0.3 is 55.7 Å². The number of amides is 9. The summed E-state index contributed by atoms with van der Waals surface area (Å²) in [6, 6.07) is 18.7. The molecule has 0 saturated heterocycles. The number of carbonyl (C=O) groups excluding carboxylic acids is 9. The fourth-order valence-electron chi connectivity index (χ4n) is 11.4. The molecule has 9 rings (SSSR count). The molecule has 4 aromatic rings. The number of methoxy groups -OCH3 is 1. The number of aliphatic imine (C=N–C) groups is 2. The summed E-state index contributed by atoms with van der Waals surface area (Å²) in [5.41, 5.74) is 12.8. The average molecular weight is 1210 g/mol. The molecule has 0 fully saturated rings. The van der Waals surface area contributed by atoms with E-state index in [2.05, 4.69) is 33.4 Å². The summed E-state index contributed by atoms with van der Waals surface area (Å²) < 4.78 is 23.7. The van der Waals surface area contributed by atoms with Crippen molar-refractivity contribution in [1.82, 2.24) is 30.7 Å². The molecule has 88 heavy (non-hydrogen) atoms. The Morgan fingerprint density at radius 1 is 0.670 bits per heavy atom. The van der Waals surface area contributed by atoms with Crippen molar-refractivity contribution in [2.75, 3.05) is 58.5 Å². The number of hydrogen-bond donors (Lipinski definition) is 5. The summed E-state index contributed by atoms with van der Waals surface area (Å²) in [5, 5.41) is 10.9. The van der Waals surface area contributed by atoms with E-state index in [0.717, 1.165) is 65.0 Å². The molecule has 5 aliphatic rings. The van der Waals surface area contributed by atoms with Crippen LogP contribution < -0.4 is 41.2 Å². The Hall–Kier alpha value is -9.25. The first-order chi connectivity index (χ1) is 42.4. The van der Waals surface area contributed by atoms with E-state index < -0.39 is 41.6 Å². The molecule has 0 spiro atoms. The van der Waals surface area contributed by atoms with Crippen LogP contribution in [0.3, 0.4) is 0 Å². The van der Waals surface area contributed by atoms with Crippen molar-refractivity contribution < 1.29 is 62.1 Å². The van der Waals surface area contributed by atoms with Gasteiger partial charge in [-0.1, -0.05) is 44.2 Å². The van der Waals surface area contributed by atoms with Crippen LogP contribution in [0.15, 0.2) is 88.9 Å². The van der Waals surface area contributed by atoms with Gasteiger partial charge in [-0.2, -0.15) is 0 Å². The number of ketones is 1. The number of unbranched alkanes of at least 4 members (excludes halogenated alkanes) is 2. The second kappa shape index (κ2) is 29.4. The predicted molar refractivity (Wildman–Crippen MR) is 327 cm³/mol. The van der Waals surface area contributed by atoms with Gasteiger partial charge in [-0.3, -0.25) is 53.2 Å². The number of carbonyl (C=O) groups is 9. The van der Waals surface area contributed by atoms with Crippen LogP contribution in [0.2, 0.25) is 0 Å². The van der Waals surface area contributed by atoms with Gasteiger partial charge in [0.15, 0.2) is 17.3 Å². The van der Waals surface area contributed by atoms with Crippen molar-refractivity contribution in [2.24, 2.45) is 27.6 Å². The van der Waals surface area contributed by atoms with Crippen LogP contribution in [0.25, 0.3) is 0 Å². The van der Waals surface area contributed by atoms with Gasteiger partial charge in [0.25, 0.3) is 23.6 Å².